The second kappa shape index (κ2) is 9.63. The van der Waals surface area contributed by atoms with E-state index in [0.717, 1.165) is 36.3 Å². The quantitative estimate of drug-likeness (QED) is 0.422. The van der Waals surface area contributed by atoms with Gasteiger partial charge in [0.15, 0.2) is 23.4 Å². The summed E-state index contributed by atoms with van der Waals surface area (Å²) in [6.45, 7) is -0.144. The van der Waals surface area contributed by atoms with Crippen molar-refractivity contribution in [2.24, 2.45) is 16.6 Å². The number of anilines is 1. The summed E-state index contributed by atoms with van der Waals surface area (Å²) < 4.78 is 83.5. The summed E-state index contributed by atoms with van der Waals surface area (Å²) in [7, 11) is 1.45. The van der Waals surface area contributed by atoms with Gasteiger partial charge in [-0.1, -0.05) is 11.8 Å². The highest BCUT2D eigenvalue weighted by molar-refractivity contribution is 8.15. The number of ether oxygens (including phenoxy) is 1. The van der Waals surface area contributed by atoms with Crippen molar-refractivity contribution in [3.05, 3.63) is 47.4 Å². The summed E-state index contributed by atoms with van der Waals surface area (Å²) in [5.74, 6) is -9.25. The van der Waals surface area contributed by atoms with Crippen molar-refractivity contribution in [1.29, 1.82) is 0 Å². The zero-order valence-corrected chi connectivity index (χ0v) is 20.5. The fourth-order valence-corrected chi connectivity index (χ4v) is 5.67. The number of thioether (sulfide) groups is 1. The standard InChI is InChI=1S/C22H20F6N6O3S/c1-20(13-5-21(13,18(36)30-2)38-19(29)34-20)10-3-9(4-11(23)15(10)24)33-16(35)12-6-32-14(7-31-12)37-8-22(27,28)17(25)26/h3-4,6-7,13,17H,5,8H2,1-2H3,(H2,29,34)(H,30,36)(H,33,35)/t13-,20+,21-/m0/s1. The van der Waals surface area contributed by atoms with E-state index < -0.39 is 58.6 Å². The molecule has 4 rings (SSSR count). The number of amidine groups is 1. The van der Waals surface area contributed by atoms with Gasteiger partial charge >= 0.3 is 12.3 Å². The summed E-state index contributed by atoms with van der Waals surface area (Å²) in [6.07, 6.45) is -2.06. The lowest BCUT2D eigenvalue weighted by molar-refractivity contribution is -0.148. The molecule has 1 aromatic carbocycles. The number of amides is 2. The molecule has 2 aliphatic rings. The summed E-state index contributed by atoms with van der Waals surface area (Å²) >= 11 is 1.05. The number of nitrogens with zero attached hydrogens (tertiary/aromatic N) is 3. The van der Waals surface area contributed by atoms with Gasteiger partial charge in [0, 0.05) is 30.3 Å². The van der Waals surface area contributed by atoms with Gasteiger partial charge in [0.2, 0.25) is 11.8 Å². The first-order valence-corrected chi connectivity index (χ1v) is 11.7. The van der Waals surface area contributed by atoms with Crippen LogP contribution in [0.15, 0.2) is 29.5 Å². The molecule has 1 aliphatic carbocycles. The van der Waals surface area contributed by atoms with E-state index >= 15 is 4.39 Å². The van der Waals surface area contributed by atoms with Crippen LogP contribution in [0.1, 0.15) is 29.4 Å². The van der Waals surface area contributed by atoms with Crippen LogP contribution >= 0.6 is 11.8 Å². The van der Waals surface area contributed by atoms with Crippen molar-refractivity contribution in [3.8, 4) is 5.88 Å². The Bertz CT molecular complexity index is 1310. The van der Waals surface area contributed by atoms with Crippen LogP contribution in [0.3, 0.4) is 0 Å². The molecule has 0 saturated heterocycles. The number of carbonyl (C=O) groups excluding carboxylic acids is 2. The van der Waals surface area contributed by atoms with Crippen molar-refractivity contribution >= 4 is 34.4 Å². The molecule has 1 saturated carbocycles. The summed E-state index contributed by atoms with van der Waals surface area (Å²) in [5.41, 5.74) is 3.74. The van der Waals surface area contributed by atoms with Crippen LogP contribution in [0, 0.1) is 17.6 Å². The second-order valence-corrected chi connectivity index (χ2v) is 10.1. The topological polar surface area (TPSA) is 132 Å². The summed E-state index contributed by atoms with van der Waals surface area (Å²) in [6, 6.07) is 1.88. The molecule has 38 heavy (non-hydrogen) atoms. The molecule has 0 spiro atoms. The number of nitrogens with one attached hydrogen (secondary N) is 2. The van der Waals surface area contributed by atoms with Gasteiger partial charge in [0.25, 0.3) is 5.91 Å². The largest absolute Gasteiger partial charge is 0.470 e. The number of fused-ring (bicyclic) bond motifs is 1. The van der Waals surface area contributed by atoms with E-state index in [9.17, 15) is 31.5 Å². The van der Waals surface area contributed by atoms with Crippen LogP contribution in [0.2, 0.25) is 0 Å². The van der Waals surface area contributed by atoms with Gasteiger partial charge in [-0.05, 0) is 19.4 Å². The molecule has 0 unspecified atom stereocenters. The lowest BCUT2D eigenvalue weighted by atomic mass is 9.85. The molecule has 16 heteroatoms. The van der Waals surface area contributed by atoms with E-state index in [-0.39, 0.29) is 28.0 Å². The monoisotopic (exact) mass is 562 g/mol. The minimum Gasteiger partial charge on any atom is -0.470 e. The van der Waals surface area contributed by atoms with Crippen LogP contribution in [-0.4, -0.2) is 57.7 Å². The Morgan fingerprint density at radius 1 is 1.26 bits per heavy atom. The zero-order chi connectivity index (χ0) is 28.0. The fraction of sp³-hybridized carbons (Fsp3) is 0.409. The van der Waals surface area contributed by atoms with Crippen LogP contribution in [0.25, 0.3) is 0 Å². The maximum Gasteiger partial charge on any atom is 0.340 e. The Morgan fingerprint density at radius 2 is 1.97 bits per heavy atom. The van der Waals surface area contributed by atoms with Crippen LogP contribution < -0.4 is 21.1 Å². The summed E-state index contributed by atoms with van der Waals surface area (Å²) in [4.78, 5) is 36.7. The van der Waals surface area contributed by atoms with Gasteiger partial charge < -0.3 is 21.1 Å². The van der Waals surface area contributed by atoms with Gasteiger partial charge in [-0.25, -0.2) is 27.5 Å². The maximum absolute atomic E-state index is 15.0. The predicted octanol–water partition coefficient (Wildman–Crippen LogP) is 3.07. The van der Waals surface area contributed by atoms with E-state index in [1.165, 1.54) is 14.0 Å². The molecule has 4 N–H and O–H groups in total. The molecule has 0 radical (unpaired) electrons. The number of benzene rings is 1. The highest BCUT2D eigenvalue weighted by Gasteiger charge is 2.70. The number of nitrogens with two attached hydrogens (primary N) is 1. The van der Waals surface area contributed by atoms with E-state index in [1.807, 2.05) is 0 Å². The average molecular weight is 562 g/mol. The third kappa shape index (κ3) is 4.83. The van der Waals surface area contributed by atoms with Crippen LogP contribution in [0.5, 0.6) is 5.88 Å². The van der Waals surface area contributed by atoms with E-state index in [0.29, 0.717) is 6.42 Å². The number of rotatable bonds is 8. The molecule has 204 valence electrons. The van der Waals surface area contributed by atoms with Gasteiger partial charge in [-0.15, -0.1) is 0 Å². The molecule has 1 aromatic heterocycles. The van der Waals surface area contributed by atoms with E-state index in [4.69, 9.17) is 5.73 Å². The number of carbonyl (C=O) groups is 2. The summed E-state index contributed by atoms with van der Waals surface area (Å²) in [5, 5.41) is 4.89. The molecule has 0 bridgehead atoms. The Hall–Kier alpha value is -3.56. The number of hydrogen-bond acceptors (Lipinski definition) is 8. The van der Waals surface area contributed by atoms with Gasteiger partial charge in [0.1, 0.15) is 10.4 Å². The number of alkyl halides is 4. The smallest absolute Gasteiger partial charge is 0.340 e. The highest BCUT2D eigenvalue weighted by Crippen LogP contribution is 2.66. The number of hydrogen-bond donors (Lipinski definition) is 3. The van der Waals surface area contributed by atoms with Gasteiger partial charge in [0.05, 0.1) is 17.9 Å². The van der Waals surface area contributed by atoms with Crippen molar-refractivity contribution < 1.29 is 40.7 Å². The molecule has 2 aromatic rings. The molecule has 1 fully saturated rings. The first-order chi connectivity index (χ1) is 17.7. The average Bonchev–Trinajstić information content (AvgIpc) is 3.61. The normalized spacial score (nSPS) is 24.3. The van der Waals surface area contributed by atoms with Crippen molar-refractivity contribution in [3.63, 3.8) is 0 Å². The SMILES string of the molecule is CNC(=O)[C@]12C[C@H]1[C@@](C)(c1cc(NC(=O)c3cnc(OCC(F)(F)C(F)F)cn3)cc(F)c1F)N=C(N)S2. The number of aromatic nitrogens is 2. The maximum atomic E-state index is 15.0. The lowest BCUT2D eigenvalue weighted by Gasteiger charge is -2.33. The Labute approximate surface area is 215 Å². The molecule has 1 aliphatic heterocycles. The first-order valence-electron chi connectivity index (χ1n) is 10.9. The first kappa shape index (κ1) is 27.5. The van der Waals surface area contributed by atoms with Gasteiger partial charge in [-0.2, -0.15) is 8.78 Å². The minimum atomic E-state index is -4.41. The fourth-order valence-electron chi connectivity index (χ4n) is 4.25. The Morgan fingerprint density at radius 3 is 2.58 bits per heavy atom. The molecule has 9 nitrogen and oxygen atoms in total. The van der Waals surface area contributed by atoms with E-state index in [1.54, 1.807) is 0 Å². The molecule has 3 atom stereocenters. The molecular formula is C22H20F6N6O3S. The zero-order valence-electron chi connectivity index (χ0n) is 19.7. The molecule has 2 amide bonds. The molecule has 2 heterocycles. The third-order valence-electron chi connectivity index (χ3n) is 6.25. The minimum absolute atomic E-state index is 0.0167. The van der Waals surface area contributed by atoms with Crippen molar-refractivity contribution in [2.45, 2.75) is 36.0 Å². The van der Waals surface area contributed by atoms with Gasteiger partial charge in [-0.3, -0.25) is 14.6 Å². The predicted molar refractivity (Wildman–Crippen MR) is 124 cm³/mol. The highest BCUT2D eigenvalue weighted by atomic mass is 32.2. The Balaban J connectivity index is 1.55. The number of halogens is 6. The van der Waals surface area contributed by atoms with Crippen LogP contribution in [0.4, 0.5) is 32.0 Å². The van der Waals surface area contributed by atoms with E-state index in [2.05, 4.69) is 30.3 Å². The lowest BCUT2D eigenvalue weighted by Crippen LogP contribution is -2.43. The number of aliphatic imine (C=N–C) groups is 1. The molecular weight excluding hydrogens is 542 g/mol. The Kier molecular flexibility index (Phi) is 6.96. The third-order valence-corrected chi connectivity index (χ3v) is 7.55. The van der Waals surface area contributed by atoms with Crippen molar-refractivity contribution in [2.75, 3.05) is 19.0 Å². The second-order valence-electron chi connectivity index (χ2n) is 8.79. The van der Waals surface area contributed by atoms with Crippen molar-refractivity contribution in [1.82, 2.24) is 15.3 Å². The van der Waals surface area contributed by atoms with Crippen LogP contribution in [-0.2, 0) is 10.3 Å².